The number of benzene rings is 1. The van der Waals surface area contributed by atoms with E-state index in [1.54, 1.807) is 11.9 Å². The average molecular weight is 480 g/mol. The van der Waals surface area contributed by atoms with Crippen molar-refractivity contribution in [1.29, 1.82) is 0 Å². The third-order valence-electron chi connectivity index (χ3n) is 7.17. The van der Waals surface area contributed by atoms with E-state index < -0.39 is 23.5 Å². The Morgan fingerprint density at radius 2 is 2.00 bits per heavy atom. The van der Waals surface area contributed by atoms with Crippen molar-refractivity contribution in [1.82, 2.24) is 35.3 Å². The molecule has 2 N–H and O–H groups in total. The minimum atomic E-state index is -1.32. The monoisotopic (exact) mass is 479 g/mol. The summed E-state index contributed by atoms with van der Waals surface area (Å²) in [5.74, 6) is -1.30. The molecule has 184 valence electrons. The Hall–Kier alpha value is -3.76. The van der Waals surface area contributed by atoms with Crippen molar-refractivity contribution in [2.24, 2.45) is 5.92 Å². The SMILES string of the molecule is CN1CCCCC=C[C@H]2C[C@]2(C(=O)O)NC(=O)[C@@H]2C[C@@H](n3nnc(-c4ccccc4)n3)CN2C1=O. The fourth-order valence-corrected chi connectivity index (χ4v) is 4.98. The Balaban J connectivity index is 1.41. The molecule has 1 aromatic heterocycles. The van der Waals surface area contributed by atoms with E-state index in [-0.39, 0.29) is 31.0 Å². The van der Waals surface area contributed by atoms with Crippen LogP contribution in [-0.2, 0) is 9.59 Å². The van der Waals surface area contributed by atoms with E-state index in [1.807, 2.05) is 42.5 Å². The van der Waals surface area contributed by atoms with E-state index in [9.17, 15) is 19.5 Å². The Morgan fingerprint density at radius 3 is 2.77 bits per heavy atom. The number of fused-ring (bicyclic) bond motifs is 2. The van der Waals surface area contributed by atoms with Crippen molar-refractivity contribution in [2.75, 3.05) is 20.1 Å². The Bertz CT molecular complexity index is 1150. The third kappa shape index (κ3) is 4.38. The summed E-state index contributed by atoms with van der Waals surface area (Å²) >= 11 is 0. The van der Waals surface area contributed by atoms with Gasteiger partial charge in [0.2, 0.25) is 11.7 Å². The maximum Gasteiger partial charge on any atom is 0.330 e. The van der Waals surface area contributed by atoms with Gasteiger partial charge in [0.15, 0.2) is 0 Å². The lowest BCUT2D eigenvalue weighted by molar-refractivity contribution is -0.144. The lowest BCUT2D eigenvalue weighted by Gasteiger charge is -2.29. The molecule has 0 spiro atoms. The van der Waals surface area contributed by atoms with Gasteiger partial charge in [-0.1, -0.05) is 42.5 Å². The number of amides is 3. The summed E-state index contributed by atoms with van der Waals surface area (Å²) in [4.78, 5) is 43.4. The highest BCUT2D eigenvalue weighted by Gasteiger charge is 2.61. The number of aromatic nitrogens is 4. The lowest BCUT2D eigenvalue weighted by atomic mass is 10.1. The van der Waals surface area contributed by atoms with Crippen molar-refractivity contribution in [3.8, 4) is 11.4 Å². The number of hydrogen-bond acceptors (Lipinski definition) is 6. The number of aliphatic carboxylic acids is 1. The predicted octanol–water partition coefficient (Wildman–Crippen LogP) is 1.71. The average Bonchev–Trinajstić information content (AvgIpc) is 3.18. The molecule has 0 unspecified atom stereocenters. The van der Waals surface area contributed by atoms with E-state index >= 15 is 0 Å². The number of rotatable bonds is 3. The van der Waals surface area contributed by atoms with Crippen LogP contribution in [0.4, 0.5) is 4.79 Å². The molecule has 11 nitrogen and oxygen atoms in total. The van der Waals surface area contributed by atoms with Crippen LogP contribution >= 0.6 is 0 Å². The van der Waals surface area contributed by atoms with Crippen molar-refractivity contribution >= 4 is 17.9 Å². The first-order valence-electron chi connectivity index (χ1n) is 12.0. The number of carbonyl (C=O) groups excluding carboxylic acids is 2. The second-order valence-corrected chi connectivity index (χ2v) is 9.56. The Morgan fingerprint density at radius 1 is 1.20 bits per heavy atom. The number of carbonyl (C=O) groups is 3. The summed E-state index contributed by atoms with van der Waals surface area (Å²) in [6.45, 7) is 0.805. The molecule has 2 aromatic rings. The molecule has 35 heavy (non-hydrogen) atoms. The van der Waals surface area contributed by atoms with E-state index in [1.165, 1.54) is 9.70 Å². The molecule has 5 rings (SSSR count). The summed E-state index contributed by atoms with van der Waals surface area (Å²) in [7, 11) is 1.73. The summed E-state index contributed by atoms with van der Waals surface area (Å²) in [5, 5.41) is 25.5. The van der Waals surface area contributed by atoms with Gasteiger partial charge in [0, 0.05) is 38.0 Å². The van der Waals surface area contributed by atoms with Crippen LogP contribution in [0.2, 0.25) is 0 Å². The highest BCUT2D eigenvalue weighted by molar-refractivity contribution is 5.94. The van der Waals surface area contributed by atoms with Crippen LogP contribution in [0.5, 0.6) is 0 Å². The molecule has 11 heteroatoms. The first-order valence-corrected chi connectivity index (χ1v) is 12.0. The summed E-state index contributed by atoms with van der Waals surface area (Å²) in [5.41, 5.74) is -0.497. The number of urea groups is 1. The van der Waals surface area contributed by atoms with Gasteiger partial charge in [0.25, 0.3) is 0 Å². The topological polar surface area (TPSA) is 134 Å². The standard InChI is InChI=1S/C24H29N7O4/c1-29-12-8-3-2-7-11-17-14-24(17,22(33)34)25-21(32)19-13-18(15-30(19)23(29)35)31-27-20(26-28-31)16-9-5-4-6-10-16/h4-7,9-11,17-19H,2-3,8,12-15H2,1H3,(H,25,32)(H,33,34)/t17-,18+,19-,24-/m0/s1. The van der Waals surface area contributed by atoms with E-state index in [4.69, 9.17) is 0 Å². The quantitative estimate of drug-likeness (QED) is 0.640. The molecule has 0 radical (unpaired) electrons. The van der Waals surface area contributed by atoms with Crippen LogP contribution in [-0.4, -0.2) is 84.7 Å². The molecule has 1 aliphatic carbocycles. The largest absolute Gasteiger partial charge is 0.479 e. The zero-order chi connectivity index (χ0) is 24.6. The Labute approximate surface area is 202 Å². The molecule has 1 saturated heterocycles. The fraction of sp³-hybridized carbons (Fsp3) is 0.500. The maximum atomic E-state index is 13.4. The van der Waals surface area contributed by atoms with E-state index in [2.05, 4.69) is 20.7 Å². The van der Waals surface area contributed by atoms with Gasteiger partial charge in [0.1, 0.15) is 11.6 Å². The molecular weight excluding hydrogens is 450 g/mol. The van der Waals surface area contributed by atoms with Crippen molar-refractivity contribution < 1.29 is 19.5 Å². The third-order valence-corrected chi connectivity index (χ3v) is 7.17. The van der Waals surface area contributed by atoms with Crippen molar-refractivity contribution in [3.63, 3.8) is 0 Å². The first kappa shape index (κ1) is 23.0. The number of nitrogens with one attached hydrogen (secondary N) is 1. The van der Waals surface area contributed by atoms with Gasteiger partial charge in [-0.05, 0) is 30.9 Å². The number of hydrogen-bond donors (Lipinski definition) is 2. The van der Waals surface area contributed by atoms with Crippen LogP contribution in [0.3, 0.4) is 0 Å². The smallest absolute Gasteiger partial charge is 0.330 e. The van der Waals surface area contributed by atoms with Crippen molar-refractivity contribution in [2.45, 2.75) is 49.7 Å². The molecule has 3 heterocycles. The Kier molecular flexibility index (Phi) is 6.00. The van der Waals surface area contributed by atoms with E-state index in [0.29, 0.717) is 18.8 Å². The first-order chi connectivity index (χ1) is 16.9. The normalized spacial score (nSPS) is 29.2. The van der Waals surface area contributed by atoms with Crippen LogP contribution in [0.25, 0.3) is 11.4 Å². The number of carboxylic acid groups (broad SMARTS) is 1. The van der Waals surface area contributed by atoms with Gasteiger partial charge in [-0.25, -0.2) is 9.59 Å². The zero-order valence-corrected chi connectivity index (χ0v) is 19.6. The molecule has 1 aromatic carbocycles. The highest BCUT2D eigenvalue weighted by Crippen LogP contribution is 2.45. The minimum Gasteiger partial charge on any atom is -0.479 e. The summed E-state index contributed by atoms with van der Waals surface area (Å²) in [6.07, 6.45) is 7.01. The van der Waals surface area contributed by atoms with Gasteiger partial charge in [-0.15, -0.1) is 10.2 Å². The molecule has 0 bridgehead atoms. The van der Waals surface area contributed by atoms with Gasteiger partial charge < -0.3 is 20.2 Å². The molecule has 4 atom stereocenters. The van der Waals surface area contributed by atoms with Gasteiger partial charge in [-0.3, -0.25) is 4.79 Å². The van der Waals surface area contributed by atoms with Crippen molar-refractivity contribution in [3.05, 3.63) is 42.5 Å². The maximum absolute atomic E-state index is 13.4. The summed E-state index contributed by atoms with van der Waals surface area (Å²) in [6, 6.07) is 7.99. The number of tetrazole rings is 1. The minimum absolute atomic E-state index is 0.231. The van der Waals surface area contributed by atoms with Gasteiger partial charge in [0.05, 0.1) is 6.04 Å². The van der Waals surface area contributed by atoms with Crippen LogP contribution in [0.15, 0.2) is 42.5 Å². The molecule has 2 fully saturated rings. The number of allylic oxidation sites excluding steroid dienone is 1. The second kappa shape index (κ2) is 9.12. The number of nitrogens with zero attached hydrogens (tertiary/aromatic N) is 6. The second-order valence-electron chi connectivity index (χ2n) is 9.56. The predicted molar refractivity (Wildman–Crippen MR) is 125 cm³/mol. The fourth-order valence-electron chi connectivity index (χ4n) is 4.98. The molecule has 3 aliphatic rings. The molecule has 1 saturated carbocycles. The van der Waals surface area contributed by atoms with Crippen LogP contribution < -0.4 is 5.32 Å². The van der Waals surface area contributed by atoms with E-state index in [0.717, 1.165) is 24.8 Å². The molecular formula is C24H29N7O4. The zero-order valence-electron chi connectivity index (χ0n) is 19.6. The number of carboxylic acids is 1. The molecule has 2 aliphatic heterocycles. The summed E-state index contributed by atoms with van der Waals surface area (Å²) < 4.78 is 0. The van der Waals surface area contributed by atoms with Gasteiger partial charge in [-0.2, -0.15) is 4.80 Å². The van der Waals surface area contributed by atoms with Gasteiger partial charge >= 0.3 is 12.0 Å². The van der Waals surface area contributed by atoms with Crippen LogP contribution in [0, 0.1) is 5.92 Å². The lowest BCUT2D eigenvalue weighted by Crippen LogP contribution is -2.54. The molecule has 3 amide bonds. The highest BCUT2D eigenvalue weighted by atomic mass is 16.4. The van der Waals surface area contributed by atoms with Crippen LogP contribution in [0.1, 0.15) is 38.1 Å².